The normalized spacial score (nSPS) is 22.4. The maximum absolute atomic E-state index is 14.2. The lowest BCUT2D eigenvalue weighted by atomic mass is 9.96. The van der Waals surface area contributed by atoms with Crippen molar-refractivity contribution in [1.29, 1.82) is 0 Å². The molecule has 0 aliphatic carbocycles. The molecule has 0 saturated carbocycles. The summed E-state index contributed by atoms with van der Waals surface area (Å²) in [5, 5.41) is 7.24. The molecule has 154 valence electrons. The van der Waals surface area contributed by atoms with E-state index in [1.54, 1.807) is 6.20 Å². The first kappa shape index (κ1) is 21.8. The van der Waals surface area contributed by atoms with Crippen LogP contribution >= 0.6 is 0 Å². The molecule has 7 heteroatoms. The Balaban J connectivity index is 0.000000614. The van der Waals surface area contributed by atoms with Crippen LogP contribution in [0.25, 0.3) is 0 Å². The van der Waals surface area contributed by atoms with E-state index in [1.807, 2.05) is 43.3 Å². The molecule has 1 aromatic heterocycles. The van der Waals surface area contributed by atoms with E-state index in [4.69, 9.17) is 0 Å². The number of fused-ring (bicyclic) bond motifs is 1. The first-order chi connectivity index (χ1) is 13.1. The summed E-state index contributed by atoms with van der Waals surface area (Å²) in [6.07, 6.45) is 4.51. The van der Waals surface area contributed by atoms with Gasteiger partial charge in [-0.1, -0.05) is 27.7 Å². The first-order valence-corrected chi connectivity index (χ1v) is 10.6. The summed E-state index contributed by atoms with van der Waals surface area (Å²) in [5.74, 6) is 0.163. The standard InChI is InChI=1S/C16H24FN5O.2C2H6/c17-16(10-18-11-16)12-20-6-2-13(3-7-20)21-8-4-14-1-5-19-22(14)9-15(21)23;2*1-2/h1,5,13,18H,2-4,6-12H2;2*1-2H3. The van der Waals surface area contributed by atoms with E-state index in [0.29, 0.717) is 32.2 Å². The van der Waals surface area contributed by atoms with Crippen molar-refractivity contribution >= 4 is 5.91 Å². The van der Waals surface area contributed by atoms with E-state index in [1.165, 1.54) is 0 Å². The highest BCUT2D eigenvalue weighted by molar-refractivity contribution is 5.76. The number of aromatic nitrogens is 2. The largest absolute Gasteiger partial charge is 0.338 e. The minimum atomic E-state index is -1.04. The Morgan fingerprint density at radius 2 is 1.85 bits per heavy atom. The van der Waals surface area contributed by atoms with Crippen LogP contribution in [-0.2, 0) is 17.8 Å². The van der Waals surface area contributed by atoms with Crippen LogP contribution in [0.2, 0.25) is 0 Å². The molecular formula is C20H36FN5O. The Morgan fingerprint density at radius 1 is 1.19 bits per heavy atom. The smallest absolute Gasteiger partial charge is 0.244 e. The fourth-order valence-electron chi connectivity index (χ4n) is 3.98. The van der Waals surface area contributed by atoms with Gasteiger partial charge in [0.05, 0.1) is 0 Å². The Bertz CT molecular complexity index is 579. The van der Waals surface area contributed by atoms with Gasteiger partial charge in [-0.2, -0.15) is 5.10 Å². The number of hydrogen-bond donors (Lipinski definition) is 1. The SMILES string of the molecule is CC.CC.O=C1Cn2nccc2CCN1C1CCN(CC2(F)CNC2)CC1. The Labute approximate surface area is 163 Å². The summed E-state index contributed by atoms with van der Waals surface area (Å²) in [6, 6.07) is 2.28. The predicted molar refractivity (Wildman–Crippen MR) is 107 cm³/mol. The third-order valence-electron chi connectivity index (χ3n) is 5.41. The van der Waals surface area contributed by atoms with Crippen LogP contribution in [0.4, 0.5) is 4.39 Å². The van der Waals surface area contributed by atoms with E-state index < -0.39 is 5.67 Å². The van der Waals surface area contributed by atoms with E-state index >= 15 is 0 Å². The molecule has 1 N–H and O–H groups in total. The fourth-order valence-corrected chi connectivity index (χ4v) is 3.98. The Morgan fingerprint density at radius 3 is 2.44 bits per heavy atom. The topological polar surface area (TPSA) is 53.4 Å². The number of nitrogens with one attached hydrogen (secondary N) is 1. The van der Waals surface area contributed by atoms with Crippen molar-refractivity contribution < 1.29 is 9.18 Å². The van der Waals surface area contributed by atoms with Gasteiger partial charge in [0.15, 0.2) is 0 Å². The molecule has 0 atom stereocenters. The van der Waals surface area contributed by atoms with Gasteiger partial charge in [-0.3, -0.25) is 14.4 Å². The molecule has 4 heterocycles. The molecule has 27 heavy (non-hydrogen) atoms. The van der Waals surface area contributed by atoms with E-state index in [-0.39, 0.29) is 5.91 Å². The van der Waals surface area contributed by atoms with Gasteiger partial charge in [-0.25, -0.2) is 4.39 Å². The lowest BCUT2D eigenvalue weighted by Gasteiger charge is -2.43. The molecule has 0 unspecified atom stereocenters. The summed E-state index contributed by atoms with van der Waals surface area (Å²) < 4.78 is 16.0. The molecule has 2 saturated heterocycles. The number of carbonyl (C=O) groups is 1. The van der Waals surface area contributed by atoms with Crippen molar-refractivity contribution in [2.75, 3.05) is 39.3 Å². The van der Waals surface area contributed by atoms with Crippen molar-refractivity contribution in [3.63, 3.8) is 0 Å². The van der Waals surface area contributed by atoms with Crippen LogP contribution in [0.15, 0.2) is 12.3 Å². The van der Waals surface area contributed by atoms with Crippen molar-refractivity contribution in [3.8, 4) is 0 Å². The van der Waals surface area contributed by atoms with E-state index in [2.05, 4.69) is 15.3 Å². The quantitative estimate of drug-likeness (QED) is 0.871. The lowest BCUT2D eigenvalue weighted by Crippen LogP contribution is -2.62. The number of piperidine rings is 1. The number of halogens is 1. The predicted octanol–water partition coefficient (Wildman–Crippen LogP) is 2.10. The average molecular weight is 382 g/mol. The number of amides is 1. The van der Waals surface area contributed by atoms with Crippen molar-refractivity contribution in [1.82, 2.24) is 24.9 Å². The summed E-state index contributed by atoms with van der Waals surface area (Å²) in [7, 11) is 0. The maximum Gasteiger partial charge on any atom is 0.244 e. The van der Waals surface area contributed by atoms with Gasteiger partial charge in [0.2, 0.25) is 5.91 Å². The average Bonchev–Trinajstić information content (AvgIpc) is 3.05. The molecule has 0 bridgehead atoms. The van der Waals surface area contributed by atoms with Gasteiger partial charge >= 0.3 is 0 Å². The second-order valence-corrected chi connectivity index (χ2v) is 7.08. The molecule has 3 aliphatic rings. The summed E-state index contributed by atoms with van der Waals surface area (Å²) in [4.78, 5) is 16.8. The third-order valence-corrected chi connectivity index (χ3v) is 5.41. The van der Waals surface area contributed by atoms with Gasteiger partial charge < -0.3 is 10.2 Å². The fraction of sp³-hybridized carbons (Fsp3) is 0.800. The highest BCUT2D eigenvalue weighted by Crippen LogP contribution is 2.24. The zero-order valence-corrected chi connectivity index (χ0v) is 17.4. The van der Waals surface area contributed by atoms with Crippen molar-refractivity contribution in [2.24, 2.45) is 0 Å². The van der Waals surface area contributed by atoms with Crippen LogP contribution in [0.1, 0.15) is 46.2 Å². The minimum absolute atomic E-state index is 0.163. The van der Waals surface area contributed by atoms with E-state index in [9.17, 15) is 9.18 Å². The van der Waals surface area contributed by atoms with Gasteiger partial charge in [-0.05, 0) is 18.9 Å². The number of hydrogen-bond acceptors (Lipinski definition) is 4. The Kier molecular flexibility index (Phi) is 8.23. The van der Waals surface area contributed by atoms with Gasteiger partial charge in [-0.15, -0.1) is 0 Å². The van der Waals surface area contributed by atoms with Gasteiger partial charge in [0.25, 0.3) is 0 Å². The third kappa shape index (κ3) is 5.29. The zero-order chi connectivity index (χ0) is 19.9. The van der Waals surface area contributed by atoms with E-state index in [0.717, 1.165) is 44.6 Å². The zero-order valence-electron chi connectivity index (χ0n) is 17.4. The van der Waals surface area contributed by atoms with Crippen LogP contribution in [-0.4, -0.2) is 76.5 Å². The van der Waals surface area contributed by atoms with Crippen LogP contribution in [0.3, 0.4) is 0 Å². The minimum Gasteiger partial charge on any atom is -0.338 e. The van der Waals surface area contributed by atoms with Crippen LogP contribution in [0, 0.1) is 0 Å². The number of rotatable bonds is 3. The lowest BCUT2D eigenvalue weighted by molar-refractivity contribution is -0.135. The molecule has 1 amide bonds. The first-order valence-electron chi connectivity index (χ1n) is 10.6. The molecule has 0 radical (unpaired) electrons. The number of carbonyl (C=O) groups excluding carboxylic acids is 1. The summed E-state index contributed by atoms with van der Waals surface area (Å²) in [6.45, 7) is 12.4. The molecule has 0 spiro atoms. The van der Waals surface area contributed by atoms with Crippen molar-refractivity contribution in [2.45, 2.75) is 65.2 Å². The monoisotopic (exact) mass is 381 g/mol. The van der Waals surface area contributed by atoms with Crippen LogP contribution < -0.4 is 5.32 Å². The molecule has 4 rings (SSSR count). The highest BCUT2D eigenvalue weighted by atomic mass is 19.1. The maximum atomic E-state index is 14.2. The molecule has 6 nitrogen and oxygen atoms in total. The van der Waals surface area contributed by atoms with Crippen LogP contribution in [0.5, 0.6) is 0 Å². The van der Waals surface area contributed by atoms with Gasteiger partial charge in [0.1, 0.15) is 12.2 Å². The molecule has 1 aromatic rings. The highest BCUT2D eigenvalue weighted by Gasteiger charge is 2.40. The molecule has 2 fully saturated rings. The van der Waals surface area contributed by atoms with Crippen molar-refractivity contribution in [3.05, 3.63) is 18.0 Å². The number of alkyl halides is 1. The Hall–Kier alpha value is -1.47. The number of likely N-dealkylation sites (tertiary alicyclic amines) is 1. The van der Waals surface area contributed by atoms with Gasteiger partial charge in [0, 0.05) is 63.6 Å². The second-order valence-electron chi connectivity index (χ2n) is 7.08. The second kappa shape index (κ2) is 10.2. The molecular weight excluding hydrogens is 345 g/mol. The molecule has 0 aromatic carbocycles. The summed E-state index contributed by atoms with van der Waals surface area (Å²) in [5.41, 5.74) is 0.0932. The summed E-state index contributed by atoms with van der Waals surface area (Å²) >= 11 is 0. The number of nitrogens with zero attached hydrogens (tertiary/aromatic N) is 4. The molecule has 3 aliphatic heterocycles.